The molecule has 0 saturated heterocycles. The van der Waals surface area contributed by atoms with Crippen molar-refractivity contribution in [1.29, 1.82) is 0 Å². The van der Waals surface area contributed by atoms with Crippen LogP contribution in [0, 0.1) is 5.92 Å². The van der Waals surface area contributed by atoms with Gasteiger partial charge in [-0.05, 0) is 25.2 Å². The molecule has 2 heteroatoms. The predicted octanol–water partition coefficient (Wildman–Crippen LogP) is 2.71. The molecular formula is C12H25NO. The van der Waals surface area contributed by atoms with Crippen molar-refractivity contribution in [3.05, 3.63) is 0 Å². The van der Waals surface area contributed by atoms with Crippen LogP contribution in [0.25, 0.3) is 0 Å². The van der Waals surface area contributed by atoms with Gasteiger partial charge >= 0.3 is 0 Å². The van der Waals surface area contributed by atoms with Gasteiger partial charge in [-0.1, -0.05) is 33.1 Å². The Kier molecular flexibility index (Phi) is 5.49. The Bertz CT molecular complexity index is 145. The van der Waals surface area contributed by atoms with E-state index in [-0.39, 0.29) is 6.10 Å². The summed E-state index contributed by atoms with van der Waals surface area (Å²) in [6, 6.07) is 0. The fourth-order valence-electron chi connectivity index (χ4n) is 2.33. The van der Waals surface area contributed by atoms with Crippen LogP contribution in [0.2, 0.25) is 0 Å². The normalized spacial score (nSPS) is 30.2. The smallest absolute Gasteiger partial charge is 0.0698 e. The molecule has 2 nitrogen and oxygen atoms in total. The second kappa shape index (κ2) is 6.41. The van der Waals surface area contributed by atoms with E-state index in [1.165, 1.54) is 32.1 Å². The fraction of sp³-hybridized carbons (Fsp3) is 1.00. The third-order valence-electron chi connectivity index (χ3n) is 3.42. The molecule has 2 N–H and O–H groups in total. The molecular weight excluding hydrogens is 174 g/mol. The summed E-state index contributed by atoms with van der Waals surface area (Å²) >= 11 is 0. The van der Waals surface area contributed by atoms with Crippen LogP contribution in [0.3, 0.4) is 0 Å². The Morgan fingerprint density at radius 2 is 2.14 bits per heavy atom. The molecule has 1 aliphatic rings. The van der Waals surface area contributed by atoms with E-state index in [1.807, 2.05) is 0 Å². The molecule has 0 bridgehead atoms. The van der Waals surface area contributed by atoms with Crippen molar-refractivity contribution in [1.82, 2.24) is 0 Å². The van der Waals surface area contributed by atoms with Crippen LogP contribution in [-0.4, -0.2) is 18.8 Å². The van der Waals surface area contributed by atoms with Crippen molar-refractivity contribution < 1.29 is 4.74 Å². The van der Waals surface area contributed by atoms with E-state index in [0.717, 1.165) is 12.3 Å². The summed E-state index contributed by atoms with van der Waals surface area (Å²) in [5.41, 5.74) is 5.64. The van der Waals surface area contributed by atoms with E-state index < -0.39 is 0 Å². The molecule has 1 rings (SSSR count). The van der Waals surface area contributed by atoms with E-state index in [9.17, 15) is 0 Å². The maximum Gasteiger partial charge on any atom is 0.0698 e. The van der Waals surface area contributed by atoms with Crippen LogP contribution >= 0.6 is 0 Å². The summed E-state index contributed by atoms with van der Waals surface area (Å²) in [6.07, 6.45) is 8.36. The van der Waals surface area contributed by atoms with Gasteiger partial charge in [0.1, 0.15) is 0 Å². The van der Waals surface area contributed by atoms with Crippen molar-refractivity contribution in [3.8, 4) is 0 Å². The number of hydrogen-bond donors (Lipinski definition) is 1. The zero-order valence-electron chi connectivity index (χ0n) is 9.67. The number of ether oxygens (including phenoxy) is 1. The summed E-state index contributed by atoms with van der Waals surface area (Å²) in [6.45, 7) is 5.11. The minimum Gasteiger partial charge on any atom is -0.374 e. The Balaban J connectivity index is 2.29. The Labute approximate surface area is 88.2 Å². The summed E-state index contributed by atoms with van der Waals surface area (Å²) in [7, 11) is 0. The first-order valence-corrected chi connectivity index (χ1v) is 6.15. The molecule has 0 aromatic carbocycles. The standard InChI is InChI=1S/C12H25NO/c1-3-10-6-5-7-12(8-10)14-11(4-2)9-13/h10-12H,3-9,13H2,1-2H3. The molecule has 84 valence electrons. The minimum absolute atomic E-state index is 0.288. The van der Waals surface area contributed by atoms with Gasteiger partial charge in [0.25, 0.3) is 0 Å². The monoisotopic (exact) mass is 199 g/mol. The molecule has 0 radical (unpaired) electrons. The molecule has 0 aromatic rings. The first-order valence-electron chi connectivity index (χ1n) is 6.15. The fourth-order valence-corrected chi connectivity index (χ4v) is 2.33. The van der Waals surface area contributed by atoms with E-state index in [0.29, 0.717) is 12.6 Å². The summed E-state index contributed by atoms with van der Waals surface area (Å²) in [5, 5.41) is 0. The average Bonchev–Trinajstić information content (AvgIpc) is 2.26. The summed E-state index contributed by atoms with van der Waals surface area (Å²) < 4.78 is 6.00. The highest BCUT2D eigenvalue weighted by atomic mass is 16.5. The zero-order chi connectivity index (χ0) is 10.4. The van der Waals surface area contributed by atoms with Gasteiger partial charge in [-0.2, -0.15) is 0 Å². The molecule has 3 atom stereocenters. The lowest BCUT2D eigenvalue weighted by atomic mass is 9.85. The molecule has 0 aliphatic heterocycles. The first kappa shape index (κ1) is 12.0. The maximum atomic E-state index is 6.00. The molecule has 0 aromatic heterocycles. The summed E-state index contributed by atoms with van der Waals surface area (Å²) in [5.74, 6) is 0.893. The Hall–Kier alpha value is -0.0800. The van der Waals surface area contributed by atoms with Gasteiger partial charge in [0.05, 0.1) is 12.2 Å². The highest BCUT2D eigenvalue weighted by molar-refractivity contribution is 4.74. The number of rotatable bonds is 5. The van der Waals surface area contributed by atoms with Crippen LogP contribution in [0.4, 0.5) is 0 Å². The van der Waals surface area contributed by atoms with Crippen molar-refractivity contribution in [3.63, 3.8) is 0 Å². The molecule has 0 spiro atoms. The average molecular weight is 199 g/mol. The Morgan fingerprint density at radius 1 is 1.36 bits per heavy atom. The quantitative estimate of drug-likeness (QED) is 0.739. The van der Waals surface area contributed by atoms with Gasteiger partial charge in [0.15, 0.2) is 0 Å². The highest BCUT2D eigenvalue weighted by Crippen LogP contribution is 2.29. The molecule has 0 heterocycles. The van der Waals surface area contributed by atoms with Crippen LogP contribution in [0.5, 0.6) is 0 Å². The van der Waals surface area contributed by atoms with E-state index in [2.05, 4.69) is 13.8 Å². The second-order valence-electron chi connectivity index (χ2n) is 4.46. The maximum absolute atomic E-state index is 6.00. The van der Waals surface area contributed by atoms with Gasteiger partial charge in [0.2, 0.25) is 0 Å². The highest BCUT2D eigenvalue weighted by Gasteiger charge is 2.22. The molecule has 14 heavy (non-hydrogen) atoms. The number of nitrogens with two attached hydrogens (primary N) is 1. The number of hydrogen-bond acceptors (Lipinski definition) is 2. The van der Waals surface area contributed by atoms with Gasteiger partial charge in [-0.15, -0.1) is 0 Å². The van der Waals surface area contributed by atoms with Crippen LogP contribution < -0.4 is 5.73 Å². The third-order valence-corrected chi connectivity index (χ3v) is 3.42. The minimum atomic E-state index is 0.288. The Morgan fingerprint density at radius 3 is 2.71 bits per heavy atom. The zero-order valence-corrected chi connectivity index (χ0v) is 9.67. The topological polar surface area (TPSA) is 35.2 Å². The largest absolute Gasteiger partial charge is 0.374 e. The van der Waals surface area contributed by atoms with Gasteiger partial charge in [-0.25, -0.2) is 0 Å². The van der Waals surface area contributed by atoms with Crippen LogP contribution in [-0.2, 0) is 4.74 Å². The lowest BCUT2D eigenvalue weighted by Gasteiger charge is -2.31. The van der Waals surface area contributed by atoms with Crippen LogP contribution in [0.15, 0.2) is 0 Å². The molecule has 1 aliphatic carbocycles. The van der Waals surface area contributed by atoms with Gasteiger partial charge < -0.3 is 10.5 Å². The second-order valence-corrected chi connectivity index (χ2v) is 4.46. The van der Waals surface area contributed by atoms with Crippen molar-refractivity contribution in [2.75, 3.05) is 6.54 Å². The lowest BCUT2D eigenvalue weighted by Crippen LogP contribution is -2.31. The van der Waals surface area contributed by atoms with Crippen molar-refractivity contribution in [2.45, 2.75) is 64.6 Å². The third kappa shape index (κ3) is 3.58. The van der Waals surface area contributed by atoms with Crippen molar-refractivity contribution in [2.24, 2.45) is 11.7 Å². The van der Waals surface area contributed by atoms with E-state index >= 15 is 0 Å². The lowest BCUT2D eigenvalue weighted by molar-refractivity contribution is -0.0376. The van der Waals surface area contributed by atoms with E-state index in [4.69, 9.17) is 10.5 Å². The molecule has 1 saturated carbocycles. The van der Waals surface area contributed by atoms with E-state index in [1.54, 1.807) is 0 Å². The van der Waals surface area contributed by atoms with Gasteiger partial charge in [-0.3, -0.25) is 0 Å². The van der Waals surface area contributed by atoms with Crippen LogP contribution in [0.1, 0.15) is 52.4 Å². The van der Waals surface area contributed by atoms with Gasteiger partial charge in [0, 0.05) is 6.54 Å². The molecule has 0 amide bonds. The summed E-state index contributed by atoms with van der Waals surface area (Å²) in [4.78, 5) is 0. The molecule has 3 unspecified atom stereocenters. The molecule has 1 fully saturated rings. The first-order chi connectivity index (χ1) is 6.80. The predicted molar refractivity (Wildman–Crippen MR) is 60.3 cm³/mol. The van der Waals surface area contributed by atoms with Crippen molar-refractivity contribution >= 4 is 0 Å². The SMILES string of the molecule is CCC1CCCC(OC(CC)CN)C1.